The van der Waals surface area contributed by atoms with Gasteiger partial charge in [0.2, 0.25) is 0 Å². The third-order valence-electron chi connectivity index (χ3n) is 5.28. The van der Waals surface area contributed by atoms with E-state index in [2.05, 4.69) is 36.5 Å². The highest BCUT2D eigenvalue weighted by Crippen LogP contribution is 2.41. The second kappa shape index (κ2) is 6.17. The van der Waals surface area contributed by atoms with Gasteiger partial charge >= 0.3 is 0 Å². The number of rotatable bonds is 4. The summed E-state index contributed by atoms with van der Waals surface area (Å²) in [5.41, 5.74) is 1.39. The van der Waals surface area contributed by atoms with Gasteiger partial charge in [-0.3, -0.25) is 0 Å². The number of nitrogens with one attached hydrogen (secondary N) is 1. The second-order valence-corrected chi connectivity index (χ2v) is 6.64. The van der Waals surface area contributed by atoms with E-state index in [9.17, 15) is 0 Å². The Bertz CT molecular complexity index is 439. The van der Waals surface area contributed by atoms with Crippen molar-refractivity contribution in [3.8, 4) is 5.75 Å². The van der Waals surface area contributed by atoms with Crippen molar-refractivity contribution >= 4 is 0 Å². The molecule has 2 heteroatoms. The maximum Gasteiger partial charge on any atom is 0.122 e. The van der Waals surface area contributed by atoms with Crippen LogP contribution in [0.25, 0.3) is 0 Å². The molecule has 2 aliphatic carbocycles. The van der Waals surface area contributed by atoms with E-state index in [1.165, 1.54) is 44.1 Å². The molecular formula is C18H27NO. The van der Waals surface area contributed by atoms with Gasteiger partial charge in [0.25, 0.3) is 0 Å². The Morgan fingerprint density at radius 3 is 2.60 bits per heavy atom. The molecule has 2 aliphatic rings. The van der Waals surface area contributed by atoms with Crippen LogP contribution in [0, 0.1) is 5.92 Å². The van der Waals surface area contributed by atoms with Crippen molar-refractivity contribution in [3.63, 3.8) is 0 Å². The zero-order valence-electron chi connectivity index (χ0n) is 12.8. The maximum absolute atomic E-state index is 5.48. The van der Waals surface area contributed by atoms with Crippen LogP contribution < -0.4 is 10.1 Å². The molecule has 2 unspecified atom stereocenters. The Hall–Kier alpha value is -1.02. The molecule has 20 heavy (non-hydrogen) atoms. The summed E-state index contributed by atoms with van der Waals surface area (Å²) in [5, 5.41) is 3.90. The predicted molar refractivity (Wildman–Crippen MR) is 83.3 cm³/mol. The standard InChI is InChI=1S/C18H27NO/c1-13-7-3-5-9-17(13)19-15-11-14(12-15)16-8-4-6-10-18(16)20-2/h4,6,8,10,13-15,17,19H,3,5,7,9,11-12H2,1-2H3. The topological polar surface area (TPSA) is 21.3 Å². The normalized spacial score (nSPS) is 33.5. The van der Waals surface area contributed by atoms with Crippen LogP contribution >= 0.6 is 0 Å². The van der Waals surface area contributed by atoms with Crippen LogP contribution in [0.2, 0.25) is 0 Å². The van der Waals surface area contributed by atoms with Gasteiger partial charge in [-0.15, -0.1) is 0 Å². The molecule has 1 N–H and O–H groups in total. The van der Waals surface area contributed by atoms with Gasteiger partial charge in [-0.05, 0) is 49.1 Å². The lowest BCUT2D eigenvalue weighted by Gasteiger charge is -2.41. The largest absolute Gasteiger partial charge is 0.496 e. The van der Waals surface area contributed by atoms with Gasteiger partial charge in [0.05, 0.1) is 7.11 Å². The molecule has 0 radical (unpaired) electrons. The number of hydrogen-bond donors (Lipinski definition) is 1. The van der Waals surface area contributed by atoms with E-state index in [0.29, 0.717) is 5.92 Å². The lowest BCUT2D eigenvalue weighted by atomic mass is 9.74. The molecule has 110 valence electrons. The summed E-state index contributed by atoms with van der Waals surface area (Å²) < 4.78 is 5.48. The summed E-state index contributed by atoms with van der Waals surface area (Å²) in [6, 6.07) is 9.97. The summed E-state index contributed by atoms with van der Waals surface area (Å²) in [6.07, 6.45) is 8.14. The van der Waals surface area contributed by atoms with Gasteiger partial charge in [0.15, 0.2) is 0 Å². The molecule has 0 amide bonds. The molecule has 0 aliphatic heterocycles. The van der Waals surface area contributed by atoms with E-state index in [0.717, 1.165) is 23.8 Å². The highest BCUT2D eigenvalue weighted by Gasteiger charge is 2.34. The van der Waals surface area contributed by atoms with Gasteiger partial charge in [0.1, 0.15) is 5.75 Å². The zero-order valence-corrected chi connectivity index (χ0v) is 12.8. The predicted octanol–water partition coefficient (Wildman–Crippen LogP) is 4.11. The molecule has 2 fully saturated rings. The fourth-order valence-electron chi connectivity index (χ4n) is 3.88. The highest BCUT2D eigenvalue weighted by atomic mass is 16.5. The minimum Gasteiger partial charge on any atom is -0.496 e. The van der Waals surface area contributed by atoms with E-state index < -0.39 is 0 Å². The molecule has 2 saturated carbocycles. The minimum absolute atomic E-state index is 0.683. The number of ether oxygens (including phenoxy) is 1. The van der Waals surface area contributed by atoms with Crippen LogP contribution in [0.4, 0.5) is 0 Å². The summed E-state index contributed by atoms with van der Waals surface area (Å²) >= 11 is 0. The molecule has 1 aromatic carbocycles. The molecule has 0 aromatic heterocycles. The van der Waals surface area contributed by atoms with Crippen molar-refractivity contribution in [3.05, 3.63) is 29.8 Å². The van der Waals surface area contributed by atoms with Crippen molar-refractivity contribution < 1.29 is 4.74 Å². The van der Waals surface area contributed by atoms with Crippen LogP contribution in [0.15, 0.2) is 24.3 Å². The first-order valence-electron chi connectivity index (χ1n) is 8.17. The average molecular weight is 273 g/mol. The molecule has 1 aromatic rings. The van der Waals surface area contributed by atoms with E-state index in [-0.39, 0.29) is 0 Å². The van der Waals surface area contributed by atoms with Gasteiger partial charge < -0.3 is 10.1 Å². The monoisotopic (exact) mass is 273 g/mol. The van der Waals surface area contributed by atoms with Crippen LogP contribution in [-0.4, -0.2) is 19.2 Å². The van der Waals surface area contributed by atoms with Crippen molar-refractivity contribution in [2.24, 2.45) is 5.92 Å². The Morgan fingerprint density at radius 1 is 1.10 bits per heavy atom. The first-order chi connectivity index (χ1) is 9.78. The lowest BCUT2D eigenvalue weighted by molar-refractivity contribution is 0.199. The van der Waals surface area contributed by atoms with E-state index in [4.69, 9.17) is 4.74 Å². The fraction of sp³-hybridized carbons (Fsp3) is 0.667. The maximum atomic E-state index is 5.48. The van der Waals surface area contributed by atoms with Crippen molar-refractivity contribution in [1.29, 1.82) is 0 Å². The van der Waals surface area contributed by atoms with Gasteiger partial charge in [-0.25, -0.2) is 0 Å². The molecule has 3 rings (SSSR count). The molecule has 0 heterocycles. The van der Waals surface area contributed by atoms with Gasteiger partial charge in [0, 0.05) is 12.1 Å². The summed E-state index contributed by atoms with van der Waals surface area (Å²) in [5.74, 6) is 2.60. The Kier molecular flexibility index (Phi) is 4.30. The number of hydrogen-bond acceptors (Lipinski definition) is 2. The van der Waals surface area contributed by atoms with Crippen LogP contribution in [0.5, 0.6) is 5.75 Å². The highest BCUT2D eigenvalue weighted by molar-refractivity contribution is 5.37. The Labute approximate surface area is 122 Å². The first-order valence-corrected chi connectivity index (χ1v) is 8.17. The fourth-order valence-corrected chi connectivity index (χ4v) is 3.88. The molecular weight excluding hydrogens is 246 g/mol. The third kappa shape index (κ3) is 2.85. The summed E-state index contributed by atoms with van der Waals surface area (Å²) in [6.45, 7) is 2.41. The smallest absolute Gasteiger partial charge is 0.122 e. The minimum atomic E-state index is 0.683. The molecule has 2 atom stereocenters. The molecule has 0 spiro atoms. The zero-order chi connectivity index (χ0) is 13.9. The van der Waals surface area contributed by atoms with E-state index in [1.54, 1.807) is 7.11 Å². The van der Waals surface area contributed by atoms with E-state index in [1.807, 2.05) is 0 Å². The Morgan fingerprint density at radius 2 is 1.85 bits per heavy atom. The Balaban J connectivity index is 1.53. The van der Waals surface area contributed by atoms with Crippen molar-refractivity contribution in [1.82, 2.24) is 5.32 Å². The number of para-hydroxylation sites is 1. The van der Waals surface area contributed by atoms with Crippen LogP contribution in [0.3, 0.4) is 0 Å². The summed E-state index contributed by atoms with van der Waals surface area (Å²) in [7, 11) is 1.77. The number of benzene rings is 1. The molecule has 0 bridgehead atoms. The lowest BCUT2D eigenvalue weighted by Crippen LogP contribution is -2.48. The van der Waals surface area contributed by atoms with Gasteiger partial charge in [-0.2, -0.15) is 0 Å². The summed E-state index contributed by atoms with van der Waals surface area (Å²) in [4.78, 5) is 0. The van der Waals surface area contributed by atoms with Gasteiger partial charge in [-0.1, -0.05) is 38.0 Å². The second-order valence-electron chi connectivity index (χ2n) is 6.64. The quantitative estimate of drug-likeness (QED) is 0.891. The SMILES string of the molecule is COc1ccccc1C1CC(NC2CCCCC2C)C1. The number of methoxy groups -OCH3 is 1. The average Bonchev–Trinajstić information content (AvgIpc) is 2.44. The molecule has 0 saturated heterocycles. The molecule has 2 nitrogen and oxygen atoms in total. The van der Waals surface area contributed by atoms with Crippen molar-refractivity contribution in [2.75, 3.05) is 7.11 Å². The van der Waals surface area contributed by atoms with Crippen LogP contribution in [-0.2, 0) is 0 Å². The van der Waals surface area contributed by atoms with Crippen molar-refractivity contribution in [2.45, 2.75) is 63.5 Å². The van der Waals surface area contributed by atoms with Crippen LogP contribution in [0.1, 0.15) is 56.9 Å². The third-order valence-corrected chi connectivity index (χ3v) is 5.28. The first kappa shape index (κ1) is 13.9. The van der Waals surface area contributed by atoms with E-state index >= 15 is 0 Å².